The maximum absolute atomic E-state index is 3.56. The quantitative estimate of drug-likeness (QED) is 0.517. The Bertz CT molecular complexity index is 783. The summed E-state index contributed by atoms with van der Waals surface area (Å²) in [5.41, 5.74) is 4.76. The van der Waals surface area contributed by atoms with Crippen LogP contribution < -0.4 is 0 Å². The zero-order chi connectivity index (χ0) is 14.4. The summed E-state index contributed by atoms with van der Waals surface area (Å²) in [6.45, 7) is 4.50. The van der Waals surface area contributed by atoms with Gasteiger partial charge in [0.05, 0.1) is 0 Å². The third kappa shape index (κ3) is 1.87. The monoisotopic (exact) mass is 274 g/mol. The Labute approximate surface area is 123 Å². The lowest BCUT2D eigenvalue weighted by Crippen LogP contribution is -2.19. The molecule has 0 saturated heterocycles. The number of fused-ring (bicyclic) bond motifs is 2. The summed E-state index contributed by atoms with van der Waals surface area (Å²) in [6.07, 6.45) is 0. The molecule has 2 aromatic heterocycles. The number of hydrogen-bond acceptors (Lipinski definition) is 0. The van der Waals surface area contributed by atoms with E-state index in [-0.39, 0.29) is 5.41 Å². The third-order valence-corrected chi connectivity index (χ3v) is 4.41. The molecule has 2 N–H and O–H groups in total. The van der Waals surface area contributed by atoms with Gasteiger partial charge in [0, 0.05) is 27.8 Å². The molecule has 0 atom stereocenters. The molecule has 2 heterocycles. The van der Waals surface area contributed by atoms with Crippen molar-refractivity contribution in [3.63, 3.8) is 0 Å². The molecule has 0 radical (unpaired) electrons. The van der Waals surface area contributed by atoms with Gasteiger partial charge in [-0.25, -0.2) is 0 Å². The minimum atomic E-state index is -0.0853. The normalized spacial score (nSPS) is 12.3. The first-order chi connectivity index (χ1) is 10.1. The van der Waals surface area contributed by atoms with Gasteiger partial charge in [0.1, 0.15) is 0 Å². The molecular weight excluding hydrogens is 256 g/mol. The summed E-state index contributed by atoms with van der Waals surface area (Å²) in [5.74, 6) is 0. The fraction of sp³-hybridized carbons (Fsp3) is 0.158. The largest absolute Gasteiger partial charge is 0.358 e. The van der Waals surface area contributed by atoms with E-state index in [0.29, 0.717) is 0 Å². The molecule has 2 nitrogen and oxygen atoms in total. The van der Waals surface area contributed by atoms with Crippen LogP contribution in [0.5, 0.6) is 0 Å². The third-order valence-electron chi connectivity index (χ3n) is 4.41. The van der Waals surface area contributed by atoms with E-state index in [1.807, 2.05) is 0 Å². The Hall–Kier alpha value is -2.48. The van der Waals surface area contributed by atoms with Gasteiger partial charge in [-0.1, -0.05) is 36.4 Å². The number of benzene rings is 2. The second kappa shape index (κ2) is 4.26. The van der Waals surface area contributed by atoms with E-state index in [9.17, 15) is 0 Å². The van der Waals surface area contributed by atoms with Crippen molar-refractivity contribution < 1.29 is 0 Å². The molecule has 0 aliphatic carbocycles. The molecule has 0 spiro atoms. The fourth-order valence-corrected chi connectivity index (χ4v) is 2.97. The Morgan fingerprint density at radius 3 is 1.52 bits per heavy atom. The molecular formula is C19H18N2. The fourth-order valence-electron chi connectivity index (χ4n) is 2.97. The van der Waals surface area contributed by atoms with Crippen LogP contribution in [0.4, 0.5) is 0 Å². The first-order valence-corrected chi connectivity index (χ1v) is 7.31. The molecule has 0 amide bonds. The Kier molecular flexibility index (Phi) is 2.49. The number of hydrogen-bond donors (Lipinski definition) is 2. The van der Waals surface area contributed by atoms with Gasteiger partial charge in [0.25, 0.3) is 0 Å². The highest BCUT2D eigenvalue weighted by molar-refractivity contribution is 5.82. The second-order valence-corrected chi connectivity index (χ2v) is 6.17. The first-order valence-electron chi connectivity index (χ1n) is 7.31. The second-order valence-electron chi connectivity index (χ2n) is 6.17. The van der Waals surface area contributed by atoms with Crippen molar-refractivity contribution in [1.29, 1.82) is 0 Å². The van der Waals surface area contributed by atoms with E-state index >= 15 is 0 Å². The van der Waals surface area contributed by atoms with Crippen LogP contribution in [-0.4, -0.2) is 9.97 Å². The van der Waals surface area contributed by atoms with Crippen LogP contribution in [0.3, 0.4) is 0 Å². The molecule has 21 heavy (non-hydrogen) atoms. The van der Waals surface area contributed by atoms with Crippen molar-refractivity contribution >= 4 is 21.8 Å². The molecule has 4 rings (SSSR count). The Morgan fingerprint density at radius 2 is 1.10 bits per heavy atom. The minimum absolute atomic E-state index is 0.0853. The summed E-state index contributed by atoms with van der Waals surface area (Å²) in [7, 11) is 0. The van der Waals surface area contributed by atoms with Crippen LogP contribution in [0, 0.1) is 0 Å². The molecule has 0 bridgehead atoms. The zero-order valence-corrected chi connectivity index (χ0v) is 12.3. The maximum Gasteiger partial charge on any atom is 0.0456 e. The van der Waals surface area contributed by atoms with Gasteiger partial charge in [-0.3, -0.25) is 0 Å². The van der Waals surface area contributed by atoms with Gasteiger partial charge in [-0.05, 0) is 48.9 Å². The highest BCUT2D eigenvalue weighted by Gasteiger charge is 2.26. The molecule has 4 aromatic rings. The van der Waals surface area contributed by atoms with Gasteiger partial charge >= 0.3 is 0 Å². The molecule has 2 heteroatoms. The molecule has 104 valence electrons. The molecule has 0 unspecified atom stereocenters. The number of H-pyrrole nitrogens is 2. The van der Waals surface area contributed by atoms with Crippen LogP contribution in [0.2, 0.25) is 0 Å². The highest BCUT2D eigenvalue weighted by atomic mass is 14.8. The van der Waals surface area contributed by atoms with E-state index in [1.54, 1.807) is 0 Å². The van der Waals surface area contributed by atoms with Crippen molar-refractivity contribution in [3.8, 4) is 0 Å². The van der Waals surface area contributed by atoms with E-state index in [0.717, 1.165) is 0 Å². The van der Waals surface area contributed by atoms with Gasteiger partial charge in [0.15, 0.2) is 0 Å². The number of rotatable bonds is 2. The highest BCUT2D eigenvalue weighted by Crippen LogP contribution is 2.34. The van der Waals surface area contributed by atoms with Crippen LogP contribution in [0.25, 0.3) is 21.8 Å². The molecule has 0 aliphatic heterocycles. The van der Waals surface area contributed by atoms with Gasteiger partial charge in [0.2, 0.25) is 0 Å². The average Bonchev–Trinajstić information content (AvgIpc) is 3.11. The summed E-state index contributed by atoms with van der Waals surface area (Å²) < 4.78 is 0. The van der Waals surface area contributed by atoms with Crippen molar-refractivity contribution in [3.05, 3.63) is 72.1 Å². The van der Waals surface area contributed by atoms with Gasteiger partial charge in [-0.2, -0.15) is 0 Å². The summed E-state index contributed by atoms with van der Waals surface area (Å²) in [4.78, 5) is 7.12. The zero-order valence-electron chi connectivity index (χ0n) is 12.3. The van der Waals surface area contributed by atoms with Crippen molar-refractivity contribution in [2.75, 3.05) is 0 Å². The summed E-state index contributed by atoms with van der Waals surface area (Å²) in [5, 5.41) is 2.52. The summed E-state index contributed by atoms with van der Waals surface area (Å²) in [6, 6.07) is 21.3. The predicted octanol–water partition coefficient (Wildman–Crippen LogP) is 4.98. The van der Waals surface area contributed by atoms with E-state index in [1.165, 1.54) is 33.2 Å². The number of para-hydroxylation sites is 2. The predicted molar refractivity (Wildman–Crippen MR) is 88.7 cm³/mol. The van der Waals surface area contributed by atoms with Crippen LogP contribution in [0.15, 0.2) is 60.7 Å². The van der Waals surface area contributed by atoms with E-state index < -0.39 is 0 Å². The van der Waals surface area contributed by atoms with Crippen LogP contribution in [-0.2, 0) is 5.41 Å². The van der Waals surface area contributed by atoms with Crippen molar-refractivity contribution in [2.24, 2.45) is 0 Å². The molecule has 0 aliphatic rings. The van der Waals surface area contributed by atoms with Crippen LogP contribution >= 0.6 is 0 Å². The number of nitrogens with one attached hydrogen (secondary N) is 2. The molecule has 0 fully saturated rings. The molecule has 2 aromatic carbocycles. The lowest BCUT2D eigenvalue weighted by atomic mass is 9.85. The molecule has 0 saturated carbocycles. The number of aromatic amines is 2. The van der Waals surface area contributed by atoms with Crippen molar-refractivity contribution in [1.82, 2.24) is 9.97 Å². The Morgan fingerprint density at radius 1 is 0.667 bits per heavy atom. The van der Waals surface area contributed by atoms with Gasteiger partial charge < -0.3 is 9.97 Å². The van der Waals surface area contributed by atoms with E-state index in [4.69, 9.17) is 0 Å². The standard InChI is InChI=1S/C19H18N2/c1-19(2,17-11-13-7-3-5-9-15(13)20-17)18-12-14-8-4-6-10-16(14)21-18/h3-12,20-21H,1-2H3. The van der Waals surface area contributed by atoms with Crippen LogP contribution in [0.1, 0.15) is 25.2 Å². The van der Waals surface area contributed by atoms with Crippen molar-refractivity contribution in [2.45, 2.75) is 19.3 Å². The lowest BCUT2D eigenvalue weighted by molar-refractivity contribution is 0.606. The average molecular weight is 274 g/mol. The first kappa shape index (κ1) is 12.3. The number of aromatic nitrogens is 2. The summed E-state index contributed by atoms with van der Waals surface area (Å²) >= 11 is 0. The van der Waals surface area contributed by atoms with Gasteiger partial charge in [-0.15, -0.1) is 0 Å². The lowest BCUT2D eigenvalue weighted by Gasteiger charge is -2.22. The smallest absolute Gasteiger partial charge is 0.0456 e. The SMILES string of the molecule is CC(C)(c1cc2ccccc2[nH]1)c1cc2ccccc2[nH]1. The Balaban J connectivity index is 1.87. The van der Waals surface area contributed by atoms with E-state index in [2.05, 4.69) is 84.5 Å². The maximum atomic E-state index is 3.56. The topological polar surface area (TPSA) is 31.6 Å². The minimum Gasteiger partial charge on any atom is -0.358 e.